The van der Waals surface area contributed by atoms with E-state index in [0.29, 0.717) is 6.54 Å². The van der Waals surface area contributed by atoms with Gasteiger partial charge in [-0.25, -0.2) is 17.9 Å². The van der Waals surface area contributed by atoms with Crippen LogP contribution in [0.1, 0.15) is 35.1 Å². The Morgan fingerprint density at radius 3 is 2.28 bits per heavy atom. The molecule has 2 N–H and O–H groups in total. The maximum absolute atomic E-state index is 12.3. The highest BCUT2D eigenvalue weighted by Gasteiger charge is 2.25. The Morgan fingerprint density at radius 2 is 1.72 bits per heavy atom. The van der Waals surface area contributed by atoms with Crippen LogP contribution in [0.3, 0.4) is 0 Å². The summed E-state index contributed by atoms with van der Waals surface area (Å²) < 4.78 is 26.1. The number of carbonyl (C=O) groups is 1. The van der Waals surface area contributed by atoms with Crippen molar-refractivity contribution >= 4 is 21.7 Å². The fraction of sp³-hybridized carbons (Fsp3) is 0.500. The summed E-state index contributed by atoms with van der Waals surface area (Å²) in [5.74, 6) is 0. The fourth-order valence-electron chi connectivity index (χ4n) is 3.65. The first-order valence-electron chi connectivity index (χ1n) is 8.67. The number of anilines is 1. The van der Waals surface area contributed by atoms with E-state index in [9.17, 15) is 13.2 Å². The number of sulfonamides is 1. The van der Waals surface area contributed by atoms with E-state index in [1.54, 1.807) is 0 Å². The molecule has 0 spiro atoms. The normalized spacial score (nSPS) is 16.3. The van der Waals surface area contributed by atoms with Crippen LogP contribution in [0.5, 0.6) is 0 Å². The van der Waals surface area contributed by atoms with Gasteiger partial charge in [0, 0.05) is 17.6 Å². The van der Waals surface area contributed by atoms with Gasteiger partial charge in [-0.05, 0) is 74.9 Å². The summed E-state index contributed by atoms with van der Waals surface area (Å²) in [7, 11) is -0.112. The van der Waals surface area contributed by atoms with Crippen LogP contribution in [0.2, 0.25) is 0 Å². The lowest BCUT2D eigenvalue weighted by Gasteiger charge is -2.16. The van der Waals surface area contributed by atoms with E-state index < -0.39 is 16.1 Å². The van der Waals surface area contributed by atoms with Gasteiger partial charge in [-0.3, -0.25) is 0 Å². The van der Waals surface area contributed by atoms with Crippen molar-refractivity contribution in [2.24, 2.45) is 0 Å². The molecular formula is C18H25N3O3S. The van der Waals surface area contributed by atoms with Gasteiger partial charge < -0.3 is 10.2 Å². The summed E-state index contributed by atoms with van der Waals surface area (Å²) >= 11 is 0. The molecule has 2 amide bonds. The molecular weight excluding hydrogens is 338 g/mol. The van der Waals surface area contributed by atoms with Crippen molar-refractivity contribution < 1.29 is 13.2 Å². The minimum absolute atomic E-state index is 0.488. The van der Waals surface area contributed by atoms with E-state index in [4.69, 9.17) is 0 Å². The fourth-order valence-corrected chi connectivity index (χ4v) is 4.37. The molecule has 0 fully saturated rings. The van der Waals surface area contributed by atoms with Gasteiger partial charge in [0.15, 0.2) is 0 Å². The molecule has 2 aliphatic carbocycles. The monoisotopic (exact) mass is 363 g/mol. The number of hydrogen-bond donors (Lipinski definition) is 2. The lowest BCUT2D eigenvalue weighted by molar-refractivity contribution is 0.256. The Morgan fingerprint density at radius 1 is 1.12 bits per heavy atom. The van der Waals surface area contributed by atoms with Crippen molar-refractivity contribution in [1.82, 2.24) is 9.62 Å². The predicted octanol–water partition coefficient (Wildman–Crippen LogP) is 2.19. The molecule has 0 saturated carbocycles. The van der Waals surface area contributed by atoms with Crippen molar-refractivity contribution in [3.63, 3.8) is 0 Å². The van der Waals surface area contributed by atoms with E-state index in [2.05, 4.69) is 16.1 Å². The van der Waals surface area contributed by atoms with E-state index in [1.165, 1.54) is 28.3 Å². The molecule has 0 unspecified atom stereocenters. The topological polar surface area (TPSA) is 78.5 Å². The second-order valence-corrected chi connectivity index (χ2v) is 8.54. The molecule has 2 aliphatic rings. The molecule has 0 radical (unpaired) electrons. The van der Waals surface area contributed by atoms with Crippen LogP contribution in [0, 0.1) is 0 Å². The molecule has 0 saturated heterocycles. The number of fused-ring (bicyclic) bond motifs is 2. The molecule has 0 bridgehead atoms. The van der Waals surface area contributed by atoms with Gasteiger partial charge in [-0.15, -0.1) is 0 Å². The SMILES string of the molecule is CN(C)C/C=C/S(=O)(=O)NC(=O)Nc1c2c(cc3c1CCC3)CCC2. The number of nitrogens with zero attached hydrogens (tertiary/aromatic N) is 1. The van der Waals surface area contributed by atoms with Crippen LogP contribution in [0.15, 0.2) is 17.6 Å². The summed E-state index contributed by atoms with van der Waals surface area (Å²) in [5.41, 5.74) is 5.79. The predicted molar refractivity (Wildman–Crippen MR) is 99.3 cm³/mol. The number of urea groups is 1. The first-order valence-corrected chi connectivity index (χ1v) is 10.2. The Bertz CT molecular complexity index is 781. The third-order valence-corrected chi connectivity index (χ3v) is 5.71. The average molecular weight is 363 g/mol. The van der Waals surface area contributed by atoms with Crippen molar-refractivity contribution in [1.29, 1.82) is 0 Å². The molecule has 136 valence electrons. The van der Waals surface area contributed by atoms with Crippen LogP contribution >= 0.6 is 0 Å². The molecule has 1 aromatic rings. The minimum Gasteiger partial charge on any atom is -0.307 e. The average Bonchev–Trinajstić information content (AvgIpc) is 3.14. The van der Waals surface area contributed by atoms with Gasteiger partial charge >= 0.3 is 6.03 Å². The highest BCUT2D eigenvalue weighted by molar-refractivity contribution is 7.92. The van der Waals surface area contributed by atoms with E-state index >= 15 is 0 Å². The number of hydrogen-bond acceptors (Lipinski definition) is 4. The second kappa shape index (κ2) is 7.17. The Labute approximate surface area is 149 Å². The van der Waals surface area contributed by atoms with Gasteiger partial charge in [0.05, 0.1) is 0 Å². The third kappa shape index (κ3) is 4.22. The second-order valence-electron chi connectivity index (χ2n) is 6.97. The standard InChI is InChI=1S/C18H25N3O3S/c1-21(2)10-5-11-25(23,24)20-18(22)19-17-15-8-3-6-13(15)12-14-7-4-9-16(14)17/h5,11-12H,3-4,6-10H2,1-2H3,(H2,19,20,22)/b11-5+. The van der Waals surface area contributed by atoms with Gasteiger partial charge in [-0.1, -0.05) is 12.1 Å². The van der Waals surface area contributed by atoms with Gasteiger partial charge in [-0.2, -0.15) is 0 Å². The summed E-state index contributed by atoms with van der Waals surface area (Å²) in [6.07, 6.45) is 7.62. The molecule has 3 rings (SSSR count). The van der Waals surface area contributed by atoms with Crippen molar-refractivity contribution in [3.05, 3.63) is 39.8 Å². The largest absolute Gasteiger partial charge is 0.333 e. The zero-order chi connectivity index (χ0) is 18.0. The first kappa shape index (κ1) is 17.9. The maximum Gasteiger partial charge on any atom is 0.333 e. The van der Waals surface area contributed by atoms with Crippen LogP contribution < -0.4 is 10.0 Å². The number of nitrogens with one attached hydrogen (secondary N) is 2. The highest BCUT2D eigenvalue weighted by Crippen LogP contribution is 2.38. The molecule has 25 heavy (non-hydrogen) atoms. The first-order chi connectivity index (χ1) is 11.9. The molecule has 0 atom stereocenters. The van der Waals surface area contributed by atoms with E-state index in [-0.39, 0.29) is 0 Å². The third-order valence-electron chi connectivity index (χ3n) is 4.69. The van der Waals surface area contributed by atoms with Crippen molar-refractivity contribution in [2.45, 2.75) is 38.5 Å². The number of carbonyl (C=O) groups excluding carboxylic acids is 1. The molecule has 0 aromatic heterocycles. The maximum atomic E-state index is 12.3. The zero-order valence-corrected chi connectivity index (χ0v) is 15.6. The van der Waals surface area contributed by atoms with Gasteiger partial charge in [0.25, 0.3) is 10.0 Å². The van der Waals surface area contributed by atoms with Crippen LogP contribution in [0.4, 0.5) is 10.5 Å². The summed E-state index contributed by atoms with van der Waals surface area (Å²) in [4.78, 5) is 14.1. The number of amides is 2. The van der Waals surface area contributed by atoms with Crippen molar-refractivity contribution in [2.75, 3.05) is 26.0 Å². The van der Waals surface area contributed by atoms with Gasteiger partial charge in [0.1, 0.15) is 0 Å². The van der Waals surface area contributed by atoms with E-state index in [0.717, 1.165) is 49.6 Å². The molecule has 0 aliphatic heterocycles. The Balaban J connectivity index is 1.75. The number of likely N-dealkylation sites (N-methyl/N-ethyl adjacent to an activating group) is 1. The zero-order valence-electron chi connectivity index (χ0n) is 14.8. The van der Waals surface area contributed by atoms with Crippen LogP contribution in [-0.4, -0.2) is 40.0 Å². The number of aryl methyl sites for hydroxylation is 2. The lowest BCUT2D eigenvalue weighted by Crippen LogP contribution is -2.33. The highest BCUT2D eigenvalue weighted by atomic mass is 32.2. The minimum atomic E-state index is -3.79. The Hall–Kier alpha value is -1.86. The van der Waals surface area contributed by atoms with Gasteiger partial charge in [0.2, 0.25) is 0 Å². The molecule has 1 aromatic carbocycles. The van der Waals surface area contributed by atoms with Crippen LogP contribution in [0.25, 0.3) is 0 Å². The number of benzene rings is 1. The van der Waals surface area contributed by atoms with Crippen molar-refractivity contribution in [3.8, 4) is 0 Å². The molecule has 0 heterocycles. The molecule has 7 heteroatoms. The number of rotatable bonds is 5. The summed E-state index contributed by atoms with van der Waals surface area (Å²) in [6, 6.07) is 1.58. The van der Waals surface area contributed by atoms with E-state index in [1.807, 2.05) is 19.0 Å². The molecule has 6 nitrogen and oxygen atoms in total. The summed E-state index contributed by atoms with van der Waals surface area (Å²) in [5, 5.41) is 3.86. The summed E-state index contributed by atoms with van der Waals surface area (Å²) in [6.45, 7) is 0.488. The Kier molecular flexibility index (Phi) is 5.15. The smallest absolute Gasteiger partial charge is 0.307 e. The quantitative estimate of drug-likeness (QED) is 0.841. The lowest BCUT2D eigenvalue weighted by atomic mass is 9.99. The van der Waals surface area contributed by atoms with Crippen LogP contribution in [-0.2, 0) is 35.7 Å².